The van der Waals surface area contributed by atoms with Crippen LogP contribution in [0.3, 0.4) is 0 Å². The summed E-state index contributed by atoms with van der Waals surface area (Å²) in [6.45, 7) is 2.83. The molecule has 0 fully saturated rings. The highest BCUT2D eigenvalue weighted by molar-refractivity contribution is 5.80. The molecule has 0 aliphatic carbocycles. The second kappa shape index (κ2) is 5.15. The molecule has 0 saturated carbocycles. The smallest absolute Gasteiger partial charge is 0.217 e. The van der Waals surface area contributed by atoms with Crippen molar-refractivity contribution < 1.29 is 4.74 Å². The summed E-state index contributed by atoms with van der Waals surface area (Å²) in [5.41, 5.74) is 7.71. The topological polar surface area (TPSA) is 48.1 Å². The number of nitrogens with zero attached hydrogens (tertiary/aromatic N) is 1. The van der Waals surface area contributed by atoms with Crippen molar-refractivity contribution in [3.63, 3.8) is 0 Å². The minimum atomic E-state index is 0.368. The van der Waals surface area contributed by atoms with Gasteiger partial charge in [0.25, 0.3) is 0 Å². The average Bonchev–Trinajstić information content (AvgIpc) is 2.37. The van der Waals surface area contributed by atoms with E-state index in [1.165, 1.54) is 0 Å². The van der Waals surface area contributed by atoms with Crippen molar-refractivity contribution in [3.8, 4) is 5.88 Å². The third kappa shape index (κ3) is 2.39. The predicted molar refractivity (Wildman–Crippen MR) is 70.4 cm³/mol. The maximum Gasteiger partial charge on any atom is 0.217 e. The number of benzene rings is 1. The number of nitrogens with two attached hydrogens (primary N) is 1. The zero-order chi connectivity index (χ0) is 12.3. The van der Waals surface area contributed by atoms with Gasteiger partial charge in [-0.3, -0.25) is 0 Å². The zero-order valence-corrected chi connectivity index (χ0v) is 10.3. The monoisotopic (exact) mass is 230 g/mol. The lowest BCUT2D eigenvalue weighted by Gasteiger charge is -2.15. The fourth-order valence-electron chi connectivity index (χ4n) is 2.04. The Bertz CT molecular complexity index is 511. The number of para-hydroxylation sites is 1. The van der Waals surface area contributed by atoms with Crippen molar-refractivity contribution in [3.05, 3.63) is 35.9 Å². The van der Waals surface area contributed by atoms with Gasteiger partial charge in [0, 0.05) is 10.9 Å². The highest BCUT2D eigenvalue weighted by Crippen LogP contribution is 2.29. The number of pyridine rings is 1. The highest BCUT2D eigenvalue weighted by Gasteiger charge is 2.13. The fourth-order valence-corrected chi connectivity index (χ4v) is 2.04. The Morgan fingerprint density at radius 1 is 1.35 bits per heavy atom. The van der Waals surface area contributed by atoms with Gasteiger partial charge in [-0.05, 0) is 31.0 Å². The van der Waals surface area contributed by atoms with Crippen LogP contribution in [0, 0.1) is 0 Å². The summed E-state index contributed by atoms with van der Waals surface area (Å²) in [4.78, 5) is 4.53. The second-order valence-corrected chi connectivity index (χ2v) is 4.26. The molecule has 2 rings (SSSR count). The van der Waals surface area contributed by atoms with Crippen LogP contribution in [-0.4, -0.2) is 18.6 Å². The van der Waals surface area contributed by atoms with Gasteiger partial charge in [0.2, 0.25) is 5.88 Å². The van der Waals surface area contributed by atoms with Crippen LogP contribution in [0.4, 0.5) is 0 Å². The van der Waals surface area contributed by atoms with E-state index in [0.717, 1.165) is 22.9 Å². The predicted octanol–water partition coefficient (Wildman–Crippen LogP) is 2.70. The number of aromatic nitrogens is 1. The number of methoxy groups -OCH3 is 1. The van der Waals surface area contributed by atoms with Gasteiger partial charge in [-0.2, -0.15) is 0 Å². The summed E-state index contributed by atoms with van der Waals surface area (Å²) in [5, 5.41) is 1.15. The molecule has 0 aliphatic heterocycles. The molecule has 0 radical (unpaired) electrons. The van der Waals surface area contributed by atoms with Gasteiger partial charge >= 0.3 is 0 Å². The Morgan fingerprint density at radius 3 is 2.82 bits per heavy atom. The van der Waals surface area contributed by atoms with Crippen LogP contribution in [0.15, 0.2) is 30.3 Å². The molecule has 0 aliphatic rings. The maximum absolute atomic E-state index is 5.61. The van der Waals surface area contributed by atoms with Gasteiger partial charge in [-0.1, -0.05) is 25.1 Å². The second-order valence-electron chi connectivity index (χ2n) is 4.26. The Morgan fingerprint density at radius 2 is 2.12 bits per heavy atom. The number of hydrogen-bond donors (Lipinski definition) is 1. The lowest BCUT2D eigenvalue weighted by molar-refractivity contribution is 0.390. The first-order chi connectivity index (χ1) is 8.26. The molecular weight excluding hydrogens is 212 g/mol. The van der Waals surface area contributed by atoms with E-state index in [1.54, 1.807) is 7.11 Å². The molecule has 1 heterocycles. The summed E-state index contributed by atoms with van der Waals surface area (Å²) in [6, 6.07) is 10.2. The molecule has 17 heavy (non-hydrogen) atoms. The maximum atomic E-state index is 5.61. The van der Waals surface area contributed by atoms with Crippen molar-refractivity contribution in [1.82, 2.24) is 4.98 Å². The molecule has 3 heteroatoms. The van der Waals surface area contributed by atoms with Gasteiger partial charge in [-0.15, -0.1) is 0 Å². The van der Waals surface area contributed by atoms with Gasteiger partial charge in [0.1, 0.15) is 0 Å². The summed E-state index contributed by atoms with van der Waals surface area (Å²) in [6.07, 6.45) is 0.941. The van der Waals surface area contributed by atoms with Crippen LogP contribution in [0.25, 0.3) is 10.9 Å². The summed E-state index contributed by atoms with van der Waals surface area (Å²) < 4.78 is 5.37. The minimum Gasteiger partial charge on any atom is -0.481 e. The number of ether oxygens (including phenoxy) is 1. The minimum absolute atomic E-state index is 0.368. The van der Waals surface area contributed by atoms with Crippen molar-refractivity contribution in [2.75, 3.05) is 13.7 Å². The van der Waals surface area contributed by atoms with E-state index in [-0.39, 0.29) is 0 Å². The van der Waals surface area contributed by atoms with E-state index in [0.29, 0.717) is 18.3 Å². The van der Waals surface area contributed by atoms with E-state index < -0.39 is 0 Å². The molecule has 2 N–H and O–H groups in total. The standard InChI is InChI=1S/C14H18N2O/c1-10(7-8-15)12-9-11-5-3-4-6-13(11)16-14(12)17-2/h3-6,9-10H,7-8,15H2,1-2H3. The summed E-state index contributed by atoms with van der Waals surface area (Å²) in [7, 11) is 1.66. The van der Waals surface area contributed by atoms with E-state index in [1.807, 2.05) is 18.2 Å². The molecule has 1 unspecified atom stereocenters. The van der Waals surface area contributed by atoms with Gasteiger partial charge < -0.3 is 10.5 Å². The molecule has 0 bridgehead atoms. The van der Waals surface area contributed by atoms with Crippen LogP contribution in [0.5, 0.6) is 5.88 Å². The van der Waals surface area contributed by atoms with Gasteiger partial charge in [-0.25, -0.2) is 4.98 Å². The summed E-state index contributed by atoms with van der Waals surface area (Å²) in [5.74, 6) is 1.08. The van der Waals surface area contributed by atoms with Crippen molar-refractivity contribution in [2.24, 2.45) is 5.73 Å². The average molecular weight is 230 g/mol. The van der Waals surface area contributed by atoms with E-state index in [2.05, 4.69) is 24.0 Å². The van der Waals surface area contributed by atoms with Crippen molar-refractivity contribution in [1.29, 1.82) is 0 Å². The third-order valence-corrected chi connectivity index (χ3v) is 3.04. The zero-order valence-electron chi connectivity index (χ0n) is 10.3. The van der Waals surface area contributed by atoms with Crippen LogP contribution in [-0.2, 0) is 0 Å². The van der Waals surface area contributed by atoms with Crippen molar-refractivity contribution >= 4 is 10.9 Å². The van der Waals surface area contributed by atoms with Crippen LogP contribution in [0.1, 0.15) is 24.8 Å². The Kier molecular flexibility index (Phi) is 3.59. The number of hydrogen-bond acceptors (Lipinski definition) is 3. The number of fused-ring (bicyclic) bond motifs is 1. The molecule has 0 amide bonds. The Hall–Kier alpha value is -1.61. The quantitative estimate of drug-likeness (QED) is 0.878. The van der Waals surface area contributed by atoms with Crippen LogP contribution < -0.4 is 10.5 Å². The lowest BCUT2D eigenvalue weighted by Crippen LogP contribution is -2.06. The number of rotatable bonds is 4. The lowest BCUT2D eigenvalue weighted by atomic mass is 9.97. The molecular formula is C14H18N2O. The molecule has 1 atom stereocenters. The van der Waals surface area contributed by atoms with Crippen LogP contribution >= 0.6 is 0 Å². The van der Waals surface area contributed by atoms with E-state index in [4.69, 9.17) is 10.5 Å². The van der Waals surface area contributed by atoms with E-state index >= 15 is 0 Å². The first-order valence-electron chi connectivity index (χ1n) is 5.90. The SMILES string of the molecule is COc1nc2ccccc2cc1C(C)CCN. The normalized spacial score (nSPS) is 12.6. The van der Waals surface area contributed by atoms with E-state index in [9.17, 15) is 0 Å². The largest absolute Gasteiger partial charge is 0.481 e. The highest BCUT2D eigenvalue weighted by atomic mass is 16.5. The first-order valence-corrected chi connectivity index (χ1v) is 5.90. The fraction of sp³-hybridized carbons (Fsp3) is 0.357. The molecule has 0 saturated heterocycles. The third-order valence-electron chi connectivity index (χ3n) is 3.04. The summed E-state index contributed by atoms with van der Waals surface area (Å²) >= 11 is 0. The first kappa shape index (κ1) is 11.9. The molecule has 2 aromatic rings. The van der Waals surface area contributed by atoms with Crippen LogP contribution in [0.2, 0.25) is 0 Å². The molecule has 1 aromatic heterocycles. The Balaban J connectivity index is 2.52. The van der Waals surface area contributed by atoms with Gasteiger partial charge in [0.15, 0.2) is 0 Å². The molecule has 1 aromatic carbocycles. The Labute approximate surface area is 102 Å². The molecule has 90 valence electrons. The molecule has 0 spiro atoms. The van der Waals surface area contributed by atoms with Gasteiger partial charge in [0.05, 0.1) is 12.6 Å². The van der Waals surface area contributed by atoms with Crippen molar-refractivity contribution in [2.45, 2.75) is 19.3 Å². The molecule has 3 nitrogen and oxygen atoms in total.